The first-order valence-electron chi connectivity index (χ1n) is 4.19. The third-order valence-corrected chi connectivity index (χ3v) is 1.57. The molecule has 0 atom stereocenters. The van der Waals surface area contributed by atoms with Crippen LogP contribution in [0.5, 0.6) is 0 Å². The van der Waals surface area contributed by atoms with Crippen LogP contribution in [-0.4, -0.2) is 17.6 Å². The number of pyridine rings is 1. The number of carbonyl (C=O) groups is 1. The molecule has 0 fully saturated rings. The van der Waals surface area contributed by atoms with E-state index in [2.05, 4.69) is 4.98 Å². The van der Waals surface area contributed by atoms with Crippen LogP contribution in [0.3, 0.4) is 0 Å². The lowest BCUT2D eigenvalue weighted by molar-refractivity contribution is -0.142. The van der Waals surface area contributed by atoms with Gasteiger partial charge in [0.2, 0.25) is 0 Å². The average molecular weight is 198 g/mol. The van der Waals surface area contributed by atoms with Crippen LogP contribution in [-0.2, 0) is 16.0 Å². The van der Waals surface area contributed by atoms with Crippen molar-refractivity contribution in [3.63, 3.8) is 0 Å². The van der Waals surface area contributed by atoms with Gasteiger partial charge in [0, 0.05) is 0 Å². The van der Waals surface area contributed by atoms with Crippen LogP contribution in [0, 0.1) is 5.82 Å². The van der Waals surface area contributed by atoms with E-state index >= 15 is 0 Å². The van der Waals surface area contributed by atoms with Gasteiger partial charge in [-0.05, 0) is 13.0 Å². The Morgan fingerprint density at radius 2 is 2.43 bits per heavy atom. The number of aromatic nitrogens is 1. The molecule has 1 aromatic rings. The van der Waals surface area contributed by atoms with Crippen molar-refractivity contribution in [3.05, 3.63) is 23.8 Å². The standard InChI is InChI=1S/C9H11FN2O2/c1-2-14-9(13)4-6-3-8(11)7(10)5-12-6/h3,5H,2,4H2,1H3,(H2,11,12). The molecule has 0 unspecified atom stereocenters. The van der Waals surface area contributed by atoms with Gasteiger partial charge < -0.3 is 10.5 Å². The number of nitrogens with zero attached hydrogens (tertiary/aromatic N) is 1. The van der Waals surface area contributed by atoms with Crippen molar-refractivity contribution in [1.82, 2.24) is 4.98 Å². The van der Waals surface area contributed by atoms with Crippen LogP contribution in [0.2, 0.25) is 0 Å². The Morgan fingerprint density at radius 1 is 1.71 bits per heavy atom. The number of rotatable bonds is 3. The highest BCUT2D eigenvalue weighted by molar-refractivity contribution is 5.72. The summed E-state index contributed by atoms with van der Waals surface area (Å²) >= 11 is 0. The summed E-state index contributed by atoms with van der Waals surface area (Å²) in [6, 6.07) is 1.33. The number of hydrogen-bond donors (Lipinski definition) is 1. The van der Waals surface area contributed by atoms with Crippen molar-refractivity contribution in [2.45, 2.75) is 13.3 Å². The summed E-state index contributed by atoms with van der Waals surface area (Å²) in [5, 5.41) is 0. The summed E-state index contributed by atoms with van der Waals surface area (Å²) in [6.45, 7) is 2.03. The van der Waals surface area contributed by atoms with Gasteiger partial charge in [0.1, 0.15) is 0 Å². The predicted molar refractivity (Wildman–Crippen MR) is 48.9 cm³/mol. The monoisotopic (exact) mass is 198 g/mol. The van der Waals surface area contributed by atoms with E-state index in [0.29, 0.717) is 12.3 Å². The Kier molecular flexibility index (Phi) is 3.39. The molecule has 2 N–H and O–H groups in total. The zero-order valence-corrected chi connectivity index (χ0v) is 7.79. The summed E-state index contributed by atoms with van der Waals surface area (Å²) < 4.78 is 17.4. The van der Waals surface area contributed by atoms with E-state index < -0.39 is 11.8 Å². The fraction of sp³-hybridized carbons (Fsp3) is 0.333. The lowest BCUT2D eigenvalue weighted by atomic mass is 10.2. The zero-order valence-electron chi connectivity index (χ0n) is 7.79. The highest BCUT2D eigenvalue weighted by atomic mass is 19.1. The van der Waals surface area contributed by atoms with Crippen molar-refractivity contribution in [3.8, 4) is 0 Å². The molecule has 0 spiro atoms. The molecule has 0 aliphatic heterocycles. The van der Waals surface area contributed by atoms with Crippen molar-refractivity contribution in [1.29, 1.82) is 0 Å². The second kappa shape index (κ2) is 4.55. The molecular weight excluding hydrogens is 187 g/mol. The summed E-state index contributed by atoms with van der Waals surface area (Å²) in [5.74, 6) is -0.983. The molecule has 1 rings (SSSR count). The molecule has 1 heterocycles. The first-order valence-corrected chi connectivity index (χ1v) is 4.19. The minimum absolute atomic E-state index is 0.0122. The highest BCUT2D eigenvalue weighted by Crippen LogP contribution is 2.09. The van der Waals surface area contributed by atoms with Crippen LogP contribution >= 0.6 is 0 Å². The molecule has 5 heteroatoms. The molecule has 1 aromatic heterocycles. The Bertz CT molecular complexity index is 342. The topological polar surface area (TPSA) is 65.2 Å². The largest absolute Gasteiger partial charge is 0.466 e. The molecule has 0 aliphatic rings. The quantitative estimate of drug-likeness (QED) is 0.733. The summed E-state index contributed by atoms with van der Waals surface area (Å²) in [4.78, 5) is 14.7. The van der Waals surface area contributed by atoms with E-state index in [1.54, 1.807) is 6.92 Å². The molecule has 0 aliphatic carbocycles. The Morgan fingerprint density at radius 3 is 3.00 bits per heavy atom. The fourth-order valence-corrected chi connectivity index (χ4v) is 0.956. The van der Waals surface area contributed by atoms with Gasteiger partial charge in [-0.2, -0.15) is 0 Å². The van der Waals surface area contributed by atoms with Crippen molar-refractivity contribution in [2.75, 3.05) is 12.3 Å². The Hall–Kier alpha value is -1.65. The Balaban J connectivity index is 2.68. The minimum atomic E-state index is -0.586. The van der Waals surface area contributed by atoms with Gasteiger partial charge in [-0.15, -0.1) is 0 Å². The molecular formula is C9H11FN2O2. The van der Waals surface area contributed by atoms with E-state index in [1.807, 2.05) is 0 Å². The van der Waals surface area contributed by atoms with E-state index in [9.17, 15) is 9.18 Å². The number of esters is 1. The molecule has 14 heavy (non-hydrogen) atoms. The van der Waals surface area contributed by atoms with Crippen LogP contribution in [0.25, 0.3) is 0 Å². The van der Waals surface area contributed by atoms with E-state index in [0.717, 1.165) is 6.20 Å². The minimum Gasteiger partial charge on any atom is -0.466 e. The maximum atomic E-state index is 12.7. The van der Waals surface area contributed by atoms with Crippen LogP contribution in [0.15, 0.2) is 12.3 Å². The maximum absolute atomic E-state index is 12.7. The van der Waals surface area contributed by atoms with Crippen LogP contribution in [0.1, 0.15) is 12.6 Å². The number of anilines is 1. The lowest BCUT2D eigenvalue weighted by Crippen LogP contribution is -2.09. The van der Waals surface area contributed by atoms with Crippen molar-refractivity contribution < 1.29 is 13.9 Å². The van der Waals surface area contributed by atoms with Crippen molar-refractivity contribution in [2.24, 2.45) is 0 Å². The second-order valence-electron chi connectivity index (χ2n) is 2.68. The first kappa shape index (κ1) is 10.4. The summed E-state index contributed by atoms with van der Waals surface area (Å²) in [6.07, 6.45) is 1.00. The number of nitrogen functional groups attached to an aromatic ring is 1. The van der Waals surface area contributed by atoms with Crippen molar-refractivity contribution >= 4 is 11.7 Å². The van der Waals surface area contributed by atoms with Gasteiger partial charge in [0.15, 0.2) is 5.82 Å². The smallest absolute Gasteiger partial charge is 0.311 e. The summed E-state index contributed by atoms with van der Waals surface area (Å²) in [5.41, 5.74) is 5.69. The third-order valence-electron chi connectivity index (χ3n) is 1.57. The molecule has 0 radical (unpaired) electrons. The van der Waals surface area contributed by atoms with Gasteiger partial charge in [-0.25, -0.2) is 4.39 Å². The fourth-order valence-electron chi connectivity index (χ4n) is 0.956. The van der Waals surface area contributed by atoms with Crippen LogP contribution < -0.4 is 5.73 Å². The second-order valence-corrected chi connectivity index (χ2v) is 2.68. The number of carbonyl (C=O) groups excluding carboxylic acids is 1. The highest BCUT2D eigenvalue weighted by Gasteiger charge is 2.07. The Labute approximate surface area is 80.9 Å². The van der Waals surface area contributed by atoms with Gasteiger partial charge in [0.25, 0.3) is 0 Å². The molecule has 0 aromatic carbocycles. The van der Waals surface area contributed by atoms with Gasteiger partial charge in [-0.3, -0.25) is 9.78 Å². The van der Waals surface area contributed by atoms with E-state index in [1.165, 1.54) is 6.07 Å². The predicted octanol–water partition coefficient (Wildman–Crippen LogP) is 0.909. The molecule has 0 saturated heterocycles. The number of hydrogen-bond acceptors (Lipinski definition) is 4. The molecule has 0 saturated carbocycles. The lowest BCUT2D eigenvalue weighted by Gasteiger charge is -2.02. The molecule has 0 amide bonds. The van der Waals surface area contributed by atoms with E-state index in [4.69, 9.17) is 10.5 Å². The van der Waals surface area contributed by atoms with Gasteiger partial charge in [-0.1, -0.05) is 0 Å². The van der Waals surface area contributed by atoms with E-state index in [-0.39, 0.29) is 12.1 Å². The molecule has 4 nitrogen and oxygen atoms in total. The normalized spacial score (nSPS) is 9.86. The van der Waals surface area contributed by atoms with Gasteiger partial charge in [0.05, 0.1) is 30.6 Å². The average Bonchev–Trinajstić information content (AvgIpc) is 2.12. The summed E-state index contributed by atoms with van der Waals surface area (Å²) in [7, 11) is 0. The number of ether oxygens (including phenoxy) is 1. The van der Waals surface area contributed by atoms with Crippen LogP contribution in [0.4, 0.5) is 10.1 Å². The first-order chi connectivity index (χ1) is 6.63. The van der Waals surface area contributed by atoms with Gasteiger partial charge >= 0.3 is 5.97 Å². The zero-order chi connectivity index (χ0) is 10.6. The molecule has 76 valence electrons. The number of halogens is 1. The maximum Gasteiger partial charge on any atom is 0.311 e. The third kappa shape index (κ3) is 2.69. The number of nitrogens with two attached hydrogens (primary N) is 1. The SMILES string of the molecule is CCOC(=O)Cc1cc(N)c(F)cn1. The molecule has 0 bridgehead atoms.